The van der Waals surface area contributed by atoms with Gasteiger partial charge in [0, 0.05) is 15.6 Å². The van der Waals surface area contributed by atoms with Crippen LogP contribution in [-0.2, 0) is 19.6 Å². The zero-order chi connectivity index (χ0) is 16.6. The topological polar surface area (TPSA) is 63.7 Å². The van der Waals surface area contributed by atoms with Crippen LogP contribution in [0.3, 0.4) is 0 Å². The van der Waals surface area contributed by atoms with Crippen LogP contribution in [0, 0.1) is 0 Å². The van der Waals surface area contributed by atoms with E-state index in [9.17, 15) is 13.2 Å². The van der Waals surface area contributed by atoms with Crippen molar-refractivity contribution in [1.29, 1.82) is 0 Å². The van der Waals surface area contributed by atoms with Gasteiger partial charge in [-0.2, -0.15) is 0 Å². The summed E-state index contributed by atoms with van der Waals surface area (Å²) in [6.45, 7) is 1.52. The lowest BCUT2D eigenvalue weighted by molar-refractivity contribution is -0.141. The third kappa shape index (κ3) is 2.64. The molecule has 0 fully saturated rings. The van der Waals surface area contributed by atoms with Gasteiger partial charge in [-0.15, -0.1) is 0 Å². The van der Waals surface area contributed by atoms with Crippen LogP contribution in [0.2, 0.25) is 0 Å². The number of hydrogen-bond acceptors (Lipinski definition) is 4. The van der Waals surface area contributed by atoms with Crippen molar-refractivity contribution in [2.45, 2.75) is 11.8 Å². The van der Waals surface area contributed by atoms with E-state index in [0.29, 0.717) is 15.7 Å². The van der Waals surface area contributed by atoms with Gasteiger partial charge in [0.05, 0.1) is 17.2 Å². The van der Waals surface area contributed by atoms with Crippen LogP contribution < -0.4 is 4.31 Å². The van der Waals surface area contributed by atoms with E-state index in [1.807, 2.05) is 12.1 Å². The molecule has 5 nitrogen and oxygen atoms in total. The molecule has 1 heterocycles. The largest absolute Gasteiger partial charge is 0.465 e. The first kappa shape index (κ1) is 16.0. The van der Waals surface area contributed by atoms with Crippen molar-refractivity contribution in [1.82, 2.24) is 0 Å². The van der Waals surface area contributed by atoms with Gasteiger partial charge in [-0.3, -0.25) is 9.10 Å². The van der Waals surface area contributed by atoms with Crippen LogP contribution >= 0.6 is 15.9 Å². The molecule has 7 heteroatoms. The molecule has 0 aromatic heterocycles. The molecule has 1 aliphatic rings. The first-order valence-corrected chi connectivity index (χ1v) is 9.26. The lowest BCUT2D eigenvalue weighted by atomic mass is 10.0. The zero-order valence-electron chi connectivity index (χ0n) is 12.3. The highest BCUT2D eigenvalue weighted by Crippen LogP contribution is 2.46. The minimum Gasteiger partial charge on any atom is -0.465 e. The monoisotopic (exact) mass is 395 g/mol. The molecule has 0 bridgehead atoms. The molecular formula is C16H14BrNO4S. The lowest BCUT2D eigenvalue weighted by Gasteiger charge is -2.32. The van der Waals surface area contributed by atoms with Gasteiger partial charge in [0.2, 0.25) is 0 Å². The Hall–Kier alpha value is -1.86. The SMILES string of the molecule is CCOC(=O)CN1c2c(Br)cccc2-c2ccccc2S1(=O)=O. The second kappa shape index (κ2) is 5.98. The number of nitrogens with zero attached hydrogens (tertiary/aromatic N) is 1. The smallest absolute Gasteiger partial charge is 0.326 e. The molecule has 0 radical (unpaired) electrons. The number of para-hydroxylation sites is 1. The normalized spacial score (nSPS) is 14.8. The first-order chi connectivity index (χ1) is 11.0. The number of anilines is 1. The molecule has 2 aromatic carbocycles. The van der Waals surface area contributed by atoms with Gasteiger partial charge < -0.3 is 4.74 Å². The second-order valence-electron chi connectivity index (χ2n) is 4.95. The van der Waals surface area contributed by atoms with Crippen LogP contribution in [0.5, 0.6) is 0 Å². The zero-order valence-corrected chi connectivity index (χ0v) is 14.7. The molecule has 0 atom stereocenters. The standard InChI is InChI=1S/C16H14BrNO4S/c1-2-22-15(19)10-18-16-12(7-5-8-13(16)17)11-6-3-4-9-14(11)23(18,20)21/h3-9H,2,10H2,1H3. The number of hydrogen-bond donors (Lipinski definition) is 0. The predicted molar refractivity (Wildman–Crippen MR) is 90.7 cm³/mol. The number of esters is 1. The molecular weight excluding hydrogens is 382 g/mol. The van der Waals surface area contributed by atoms with Gasteiger partial charge in [-0.05, 0) is 35.0 Å². The number of carbonyl (C=O) groups is 1. The Bertz CT molecular complexity index is 879. The summed E-state index contributed by atoms with van der Waals surface area (Å²) in [6.07, 6.45) is 0. The first-order valence-electron chi connectivity index (χ1n) is 7.03. The summed E-state index contributed by atoms with van der Waals surface area (Å²) in [7, 11) is -3.83. The number of rotatable bonds is 3. The van der Waals surface area contributed by atoms with Crippen molar-refractivity contribution in [3.8, 4) is 11.1 Å². The molecule has 3 rings (SSSR count). The fraction of sp³-hybridized carbons (Fsp3) is 0.188. The fourth-order valence-electron chi connectivity index (χ4n) is 2.63. The molecule has 23 heavy (non-hydrogen) atoms. The van der Waals surface area contributed by atoms with Gasteiger partial charge in [-0.1, -0.05) is 30.3 Å². The summed E-state index contributed by atoms with van der Waals surface area (Å²) >= 11 is 3.40. The van der Waals surface area contributed by atoms with E-state index in [2.05, 4.69) is 15.9 Å². The molecule has 0 unspecified atom stereocenters. The van der Waals surface area contributed by atoms with Crippen LogP contribution in [0.1, 0.15) is 6.92 Å². The number of benzene rings is 2. The van der Waals surface area contributed by atoms with Crippen LogP contribution in [0.25, 0.3) is 11.1 Å². The Morgan fingerprint density at radius 2 is 1.83 bits per heavy atom. The maximum Gasteiger partial charge on any atom is 0.326 e. The van der Waals surface area contributed by atoms with Crippen molar-refractivity contribution in [2.75, 3.05) is 17.5 Å². The number of halogens is 1. The molecule has 2 aromatic rings. The van der Waals surface area contributed by atoms with Crippen molar-refractivity contribution in [3.63, 3.8) is 0 Å². The lowest BCUT2D eigenvalue weighted by Crippen LogP contribution is -2.39. The highest BCUT2D eigenvalue weighted by atomic mass is 79.9. The quantitative estimate of drug-likeness (QED) is 0.748. The van der Waals surface area contributed by atoms with E-state index in [1.165, 1.54) is 0 Å². The minimum atomic E-state index is -3.83. The van der Waals surface area contributed by atoms with E-state index in [1.54, 1.807) is 37.3 Å². The maximum atomic E-state index is 13.0. The van der Waals surface area contributed by atoms with Gasteiger partial charge in [-0.25, -0.2) is 8.42 Å². The van der Waals surface area contributed by atoms with E-state index < -0.39 is 16.0 Å². The predicted octanol–water partition coefficient (Wildman–Crippen LogP) is 3.19. The van der Waals surface area contributed by atoms with Gasteiger partial charge >= 0.3 is 5.97 Å². The number of carbonyl (C=O) groups excluding carboxylic acids is 1. The van der Waals surface area contributed by atoms with Crippen molar-refractivity contribution < 1.29 is 17.9 Å². The Morgan fingerprint density at radius 3 is 2.57 bits per heavy atom. The molecule has 0 saturated heterocycles. The van der Waals surface area contributed by atoms with E-state index in [-0.39, 0.29) is 18.0 Å². The summed E-state index contributed by atoms with van der Waals surface area (Å²) in [6, 6.07) is 12.2. The van der Waals surface area contributed by atoms with Crippen molar-refractivity contribution in [2.24, 2.45) is 0 Å². The van der Waals surface area contributed by atoms with Crippen molar-refractivity contribution >= 4 is 37.6 Å². The Labute approximate surface area is 143 Å². The molecule has 120 valence electrons. The number of ether oxygens (including phenoxy) is 1. The Balaban J connectivity index is 2.24. The third-order valence-corrected chi connectivity index (χ3v) is 6.00. The number of sulfonamides is 1. The van der Waals surface area contributed by atoms with Gasteiger partial charge in [0.25, 0.3) is 10.0 Å². The summed E-state index contributed by atoms with van der Waals surface area (Å²) in [5.41, 5.74) is 1.84. The molecule has 1 aliphatic heterocycles. The van der Waals surface area contributed by atoms with Crippen LogP contribution in [-0.4, -0.2) is 27.5 Å². The van der Waals surface area contributed by atoms with Gasteiger partial charge in [0.1, 0.15) is 6.54 Å². The molecule has 0 N–H and O–H groups in total. The molecule has 0 aliphatic carbocycles. The Morgan fingerprint density at radius 1 is 1.13 bits per heavy atom. The van der Waals surface area contributed by atoms with Gasteiger partial charge in [0.15, 0.2) is 0 Å². The van der Waals surface area contributed by atoms with Crippen LogP contribution in [0.4, 0.5) is 5.69 Å². The average Bonchev–Trinajstić information content (AvgIpc) is 2.52. The molecule has 0 amide bonds. The Kier molecular flexibility index (Phi) is 4.16. The minimum absolute atomic E-state index is 0.190. The summed E-state index contributed by atoms with van der Waals surface area (Å²) < 4.78 is 32.5. The van der Waals surface area contributed by atoms with E-state index in [4.69, 9.17) is 4.74 Å². The highest BCUT2D eigenvalue weighted by Gasteiger charge is 2.37. The number of fused-ring (bicyclic) bond motifs is 3. The molecule has 0 spiro atoms. The highest BCUT2D eigenvalue weighted by molar-refractivity contribution is 9.10. The summed E-state index contributed by atoms with van der Waals surface area (Å²) in [5.74, 6) is -0.586. The van der Waals surface area contributed by atoms with Crippen LogP contribution in [0.15, 0.2) is 51.8 Å². The average molecular weight is 396 g/mol. The third-order valence-electron chi connectivity index (χ3n) is 3.56. The van der Waals surface area contributed by atoms with E-state index >= 15 is 0 Å². The fourth-order valence-corrected chi connectivity index (χ4v) is 4.98. The summed E-state index contributed by atoms with van der Waals surface area (Å²) in [5, 5.41) is 0. The maximum absolute atomic E-state index is 13.0. The van der Waals surface area contributed by atoms with E-state index in [0.717, 1.165) is 9.87 Å². The second-order valence-corrected chi connectivity index (χ2v) is 7.63. The molecule has 0 saturated carbocycles. The summed E-state index contributed by atoms with van der Waals surface area (Å²) in [4.78, 5) is 12.1. The van der Waals surface area contributed by atoms with Crippen molar-refractivity contribution in [3.05, 3.63) is 46.9 Å².